The van der Waals surface area contributed by atoms with Crippen LogP contribution in [0.3, 0.4) is 0 Å². The van der Waals surface area contributed by atoms with Gasteiger partial charge in [-0.2, -0.15) is 0 Å². The highest BCUT2D eigenvalue weighted by atomic mass is 79.9. The van der Waals surface area contributed by atoms with E-state index in [2.05, 4.69) is 45.2 Å². The molecule has 1 N–H and O–H groups in total. The number of rotatable bonds is 5. The molecule has 0 spiro atoms. The third kappa shape index (κ3) is 3.59. The molecule has 0 saturated carbocycles. The molecule has 116 valence electrons. The monoisotopic (exact) mass is 369 g/mol. The molecule has 0 atom stereocenters. The Morgan fingerprint density at radius 1 is 1.00 bits per heavy atom. The molecule has 0 saturated heterocycles. The summed E-state index contributed by atoms with van der Waals surface area (Å²) in [5.41, 5.74) is 3.35. The summed E-state index contributed by atoms with van der Waals surface area (Å²) in [6.07, 6.45) is 4.98. The summed E-state index contributed by atoms with van der Waals surface area (Å²) in [5.74, 6) is -0.776. The number of nitrogens with zero attached hydrogens (tertiary/aromatic N) is 1. The molecule has 0 unspecified atom stereocenters. The van der Waals surface area contributed by atoms with Gasteiger partial charge in [0.2, 0.25) is 0 Å². The van der Waals surface area contributed by atoms with Crippen molar-refractivity contribution in [3.63, 3.8) is 0 Å². The van der Waals surface area contributed by atoms with Gasteiger partial charge in [-0.25, -0.2) is 0 Å². The predicted molar refractivity (Wildman–Crippen MR) is 94.6 cm³/mol. The zero-order valence-electron chi connectivity index (χ0n) is 12.5. The number of fused-ring (bicyclic) bond motifs is 1. The lowest BCUT2D eigenvalue weighted by Crippen LogP contribution is -2.02. The van der Waals surface area contributed by atoms with Crippen LogP contribution in [0.4, 0.5) is 0 Å². The molecule has 0 amide bonds. The maximum atomic E-state index is 10.8. The molecular weight excluding hydrogens is 354 g/mol. The van der Waals surface area contributed by atoms with E-state index in [-0.39, 0.29) is 6.42 Å². The highest BCUT2D eigenvalue weighted by molar-refractivity contribution is 9.10. The first-order chi connectivity index (χ1) is 11.1. The Labute approximate surface area is 143 Å². The topological polar surface area (TPSA) is 50.2 Å². The Bertz CT molecular complexity index is 861. The van der Waals surface area contributed by atoms with Crippen LogP contribution in [-0.2, 0) is 17.6 Å². The van der Waals surface area contributed by atoms with Crippen LogP contribution in [0.25, 0.3) is 10.8 Å². The molecule has 1 heterocycles. The highest BCUT2D eigenvalue weighted by Gasteiger charge is 2.09. The third-order valence-electron chi connectivity index (χ3n) is 3.95. The smallest absolute Gasteiger partial charge is 0.303 e. The van der Waals surface area contributed by atoms with Crippen LogP contribution in [0.15, 0.2) is 59.3 Å². The Hall–Kier alpha value is -2.20. The second-order valence-electron chi connectivity index (χ2n) is 5.47. The van der Waals surface area contributed by atoms with Crippen LogP contribution >= 0.6 is 15.9 Å². The molecule has 3 rings (SSSR count). The number of pyridine rings is 1. The standard InChI is InChI=1S/C19H16BrNO2/c20-18-7-5-14(16-3-1-2-4-17(16)18)11-15-12-21-10-9-13(15)6-8-19(22)23/h1-5,7,9-10,12H,6,8,11H2,(H,22,23). The van der Waals surface area contributed by atoms with Gasteiger partial charge in [-0.1, -0.05) is 46.3 Å². The van der Waals surface area contributed by atoms with E-state index in [0.29, 0.717) is 6.42 Å². The molecule has 1 aromatic heterocycles. The van der Waals surface area contributed by atoms with Crippen molar-refractivity contribution in [2.24, 2.45) is 0 Å². The first-order valence-electron chi connectivity index (χ1n) is 7.45. The summed E-state index contributed by atoms with van der Waals surface area (Å²) in [7, 11) is 0. The van der Waals surface area contributed by atoms with E-state index in [1.54, 1.807) is 6.20 Å². The van der Waals surface area contributed by atoms with Gasteiger partial charge in [0.1, 0.15) is 0 Å². The minimum atomic E-state index is -0.776. The molecule has 3 aromatic rings. The van der Waals surface area contributed by atoms with Crippen molar-refractivity contribution in [2.75, 3.05) is 0 Å². The van der Waals surface area contributed by atoms with Gasteiger partial charge in [-0.3, -0.25) is 9.78 Å². The molecule has 0 aliphatic heterocycles. The number of aliphatic carboxylic acids is 1. The number of aryl methyl sites for hydroxylation is 1. The fourth-order valence-electron chi connectivity index (χ4n) is 2.78. The van der Waals surface area contributed by atoms with E-state index in [1.165, 1.54) is 16.3 Å². The van der Waals surface area contributed by atoms with Crippen molar-refractivity contribution >= 4 is 32.7 Å². The lowest BCUT2D eigenvalue weighted by atomic mass is 9.95. The quantitative estimate of drug-likeness (QED) is 0.714. The molecule has 2 aromatic carbocycles. The predicted octanol–water partition coefficient (Wildman–Crippen LogP) is 4.61. The Morgan fingerprint density at radius 2 is 1.78 bits per heavy atom. The largest absolute Gasteiger partial charge is 0.481 e. The number of aromatic nitrogens is 1. The van der Waals surface area contributed by atoms with Crippen molar-refractivity contribution in [3.05, 3.63) is 76.0 Å². The normalized spacial score (nSPS) is 10.8. The van der Waals surface area contributed by atoms with Crippen molar-refractivity contribution in [3.8, 4) is 0 Å². The zero-order valence-corrected chi connectivity index (χ0v) is 14.1. The van der Waals surface area contributed by atoms with Gasteiger partial charge < -0.3 is 5.11 Å². The number of benzene rings is 2. The second-order valence-corrected chi connectivity index (χ2v) is 6.32. The average molecular weight is 370 g/mol. The van der Waals surface area contributed by atoms with E-state index in [0.717, 1.165) is 22.0 Å². The Morgan fingerprint density at radius 3 is 2.57 bits per heavy atom. The zero-order chi connectivity index (χ0) is 16.2. The Balaban J connectivity index is 1.97. The first-order valence-corrected chi connectivity index (χ1v) is 8.24. The van der Waals surface area contributed by atoms with Crippen molar-refractivity contribution in [1.29, 1.82) is 0 Å². The Kier molecular flexibility index (Phi) is 4.72. The van der Waals surface area contributed by atoms with E-state index in [1.807, 2.05) is 24.4 Å². The van der Waals surface area contributed by atoms with E-state index < -0.39 is 5.97 Å². The minimum absolute atomic E-state index is 0.137. The molecule has 4 heteroatoms. The molecule has 3 nitrogen and oxygen atoms in total. The maximum absolute atomic E-state index is 10.8. The van der Waals surface area contributed by atoms with Crippen LogP contribution < -0.4 is 0 Å². The second kappa shape index (κ2) is 6.92. The van der Waals surface area contributed by atoms with E-state index in [4.69, 9.17) is 5.11 Å². The van der Waals surface area contributed by atoms with Crippen LogP contribution in [0, 0.1) is 0 Å². The SMILES string of the molecule is O=C(O)CCc1ccncc1Cc1ccc(Br)c2ccccc12. The van der Waals surface area contributed by atoms with E-state index >= 15 is 0 Å². The van der Waals surface area contributed by atoms with Crippen LogP contribution in [-0.4, -0.2) is 16.1 Å². The molecule has 0 bridgehead atoms. The maximum Gasteiger partial charge on any atom is 0.303 e. The number of carbonyl (C=O) groups is 1. The number of carboxylic acid groups (broad SMARTS) is 1. The highest BCUT2D eigenvalue weighted by Crippen LogP contribution is 2.28. The molecule has 0 aliphatic carbocycles. The fourth-order valence-corrected chi connectivity index (χ4v) is 3.26. The number of hydrogen-bond acceptors (Lipinski definition) is 2. The van der Waals surface area contributed by atoms with Crippen molar-refractivity contribution in [1.82, 2.24) is 4.98 Å². The number of hydrogen-bond donors (Lipinski definition) is 1. The van der Waals surface area contributed by atoms with Gasteiger partial charge in [0.05, 0.1) is 0 Å². The van der Waals surface area contributed by atoms with Crippen molar-refractivity contribution < 1.29 is 9.90 Å². The lowest BCUT2D eigenvalue weighted by Gasteiger charge is -2.11. The van der Waals surface area contributed by atoms with Gasteiger partial charge in [-0.05, 0) is 52.4 Å². The number of halogens is 1. The van der Waals surface area contributed by atoms with Crippen LogP contribution in [0.2, 0.25) is 0 Å². The van der Waals surface area contributed by atoms with Crippen molar-refractivity contribution in [2.45, 2.75) is 19.3 Å². The minimum Gasteiger partial charge on any atom is -0.481 e. The third-order valence-corrected chi connectivity index (χ3v) is 4.65. The van der Waals surface area contributed by atoms with Gasteiger partial charge in [0, 0.05) is 23.3 Å². The van der Waals surface area contributed by atoms with Crippen LogP contribution in [0.5, 0.6) is 0 Å². The lowest BCUT2D eigenvalue weighted by molar-refractivity contribution is -0.136. The summed E-state index contributed by atoms with van der Waals surface area (Å²) in [6.45, 7) is 0. The molecule has 0 aliphatic rings. The van der Waals surface area contributed by atoms with Gasteiger partial charge in [0.25, 0.3) is 0 Å². The molecule has 0 fully saturated rings. The summed E-state index contributed by atoms with van der Waals surface area (Å²) in [4.78, 5) is 15.0. The molecule has 0 radical (unpaired) electrons. The number of carboxylic acids is 1. The summed E-state index contributed by atoms with van der Waals surface area (Å²) in [6, 6.07) is 14.4. The first kappa shape index (κ1) is 15.7. The molecule has 23 heavy (non-hydrogen) atoms. The summed E-state index contributed by atoms with van der Waals surface area (Å²) < 4.78 is 1.08. The van der Waals surface area contributed by atoms with Gasteiger partial charge >= 0.3 is 5.97 Å². The fraction of sp³-hybridized carbons (Fsp3) is 0.158. The van der Waals surface area contributed by atoms with Gasteiger partial charge in [-0.15, -0.1) is 0 Å². The van der Waals surface area contributed by atoms with Gasteiger partial charge in [0.15, 0.2) is 0 Å². The summed E-state index contributed by atoms with van der Waals surface area (Å²) >= 11 is 3.59. The average Bonchev–Trinajstić information content (AvgIpc) is 2.57. The van der Waals surface area contributed by atoms with Crippen LogP contribution in [0.1, 0.15) is 23.1 Å². The summed E-state index contributed by atoms with van der Waals surface area (Å²) in [5, 5.41) is 11.3. The van der Waals surface area contributed by atoms with E-state index in [9.17, 15) is 4.79 Å². The molecular formula is C19H16BrNO2.